The van der Waals surface area contributed by atoms with Crippen LogP contribution in [-0.2, 0) is 4.79 Å². The Labute approximate surface area is 81.4 Å². The van der Waals surface area contributed by atoms with Crippen molar-refractivity contribution in [2.45, 2.75) is 19.3 Å². The van der Waals surface area contributed by atoms with E-state index in [1.165, 1.54) is 0 Å². The van der Waals surface area contributed by atoms with Crippen LogP contribution in [0.3, 0.4) is 0 Å². The van der Waals surface area contributed by atoms with Crippen molar-refractivity contribution in [3.8, 4) is 0 Å². The van der Waals surface area contributed by atoms with Gasteiger partial charge in [-0.05, 0) is 18.1 Å². The molecule has 1 N–H and O–H groups in total. The number of hydrogen-bond donors (Lipinski definition) is 1. The summed E-state index contributed by atoms with van der Waals surface area (Å²) >= 11 is 0. The topological polar surface area (TPSA) is 54.4 Å². The van der Waals surface area contributed by atoms with Crippen LogP contribution in [0.25, 0.3) is 0 Å². The summed E-state index contributed by atoms with van der Waals surface area (Å²) < 4.78 is 0. The van der Waals surface area contributed by atoms with Gasteiger partial charge in [-0.15, -0.1) is 0 Å². The van der Waals surface area contributed by atoms with Crippen molar-refractivity contribution in [3.63, 3.8) is 0 Å². The standard InChI is InChI=1S/C11H10O3/c1-6-3-2-4-7-8(11(13)14)5-9(12)10(6)7/h2-4,8H,5H2,1H3,(H,13,14). The maximum Gasteiger partial charge on any atom is 0.311 e. The average Bonchev–Trinajstić information content (AvgIpc) is 2.45. The number of aryl methyl sites for hydroxylation is 1. The molecule has 0 spiro atoms. The predicted molar refractivity (Wildman–Crippen MR) is 50.5 cm³/mol. The van der Waals surface area contributed by atoms with E-state index in [4.69, 9.17) is 5.11 Å². The number of aliphatic carboxylic acids is 1. The molecule has 3 nitrogen and oxygen atoms in total. The van der Waals surface area contributed by atoms with Crippen molar-refractivity contribution in [2.75, 3.05) is 0 Å². The molecule has 0 fully saturated rings. The van der Waals surface area contributed by atoms with Gasteiger partial charge in [0.1, 0.15) is 0 Å². The van der Waals surface area contributed by atoms with Crippen LogP contribution in [0.5, 0.6) is 0 Å². The Morgan fingerprint density at radius 2 is 2.21 bits per heavy atom. The second-order valence-corrected chi connectivity index (χ2v) is 3.56. The maximum absolute atomic E-state index is 11.5. The third kappa shape index (κ3) is 1.13. The number of fused-ring (bicyclic) bond motifs is 1. The summed E-state index contributed by atoms with van der Waals surface area (Å²) in [6, 6.07) is 5.36. The highest BCUT2D eigenvalue weighted by atomic mass is 16.4. The summed E-state index contributed by atoms with van der Waals surface area (Å²) in [6.45, 7) is 1.83. The Balaban J connectivity index is 2.60. The Hall–Kier alpha value is -1.64. The normalized spacial score (nSPS) is 19.5. The zero-order chi connectivity index (χ0) is 10.3. The number of ketones is 1. The molecular weight excluding hydrogens is 180 g/mol. The van der Waals surface area contributed by atoms with E-state index in [9.17, 15) is 9.59 Å². The van der Waals surface area contributed by atoms with Gasteiger partial charge in [-0.2, -0.15) is 0 Å². The molecule has 1 atom stereocenters. The van der Waals surface area contributed by atoms with Gasteiger partial charge < -0.3 is 5.11 Å². The lowest BCUT2D eigenvalue weighted by atomic mass is 9.99. The van der Waals surface area contributed by atoms with Crippen LogP contribution in [-0.4, -0.2) is 16.9 Å². The Kier molecular flexibility index (Phi) is 1.88. The van der Waals surface area contributed by atoms with Crippen LogP contribution >= 0.6 is 0 Å². The fourth-order valence-corrected chi connectivity index (χ4v) is 1.98. The van der Waals surface area contributed by atoms with E-state index in [2.05, 4.69) is 0 Å². The lowest BCUT2D eigenvalue weighted by Gasteiger charge is -2.04. The first-order chi connectivity index (χ1) is 6.61. The number of carbonyl (C=O) groups is 2. The Morgan fingerprint density at radius 1 is 1.50 bits per heavy atom. The zero-order valence-electron chi connectivity index (χ0n) is 7.78. The molecule has 1 aliphatic carbocycles. The highest BCUT2D eigenvalue weighted by Gasteiger charge is 2.34. The number of carbonyl (C=O) groups excluding carboxylic acids is 1. The van der Waals surface area contributed by atoms with Gasteiger partial charge >= 0.3 is 5.97 Å². The molecule has 0 bridgehead atoms. The fourth-order valence-electron chi connectivity index (χ4n) is 1.98. The fraction of sp³-hybridized carbons (Fsp3) is 0.273. The minimum Gasteiger partial charge on any atom is -0.481 e. The molecule has 1 unspecified atom stereocenters. The summed E-state index contributed by atoms with van der Waals surface area (Å²) in [7, 11) is 0. The van der Waals surface area contributed by atoms with Crippen LogP contribution < -0.4 is 0 Å². The highest BCUT2D eigenvalue weighted by molar-refractivity contribution is 6.06. The molecule has 0 saturated heterocycles. The van der Waals surface area contributed by atoms with Crippen molar-refractivity contribution in [1.82, 2.24) is 0 Å². The molecule has 0 radical (unpaired) electrons. The minimum absolute atomic E-state index is 0.0505. The van der Waals surface area contributed by atoms with E-state index in [0.717, 1.165) is 5.56 Å². The van der Waals surface area contributed by atoms with Crippen LogP contribution in [0.15, 0.2) is 18.2 Å². The van der Waals surface area contributed by atoms with Gasteiger partial charge in [0.05, 0.1) is 5.92 Å². The smallest absolute Gasteiger partial charge is 0.311 e. The first-order valence-corrected chi connectivity index (χ1v) is 4.47. The lowest BCUT2D eigenvalue weighted by Crippen LogP contribution is -2.08. The van der Waals surface area contributed by atoms with Crippen molar-refractivity contribution >= 4 is 11.8 Å². The quantitative estimate of drug-likeness (QED) is 0.733. The number of carboxylic acid groups (broad SMARTS) is 1. The van der Waals surface area contributed by atoms with Gasteiger partial charge in [0.2, 0.25) is 0 Å². The number of Topliss-reactive ketones (excluding diaryl/α,β-unsaturated/α-hetero) is 1. The summed E-state index contributed by atoms with van der Waals surface area (Å²) in [6.07, 6.45) is 0.107. The number of rotatable bonds is 1. The molecule has 1 aliphatic rings. The van der Waals surface area contributed by atoms with Crippen molar-refractivity contribution in [1.29, 1.82) is 0 Å². The molecule has 0 amide bonds. The number of hydrogen-bond acceptors (Lipinski definition) is 2. The van der Waals surface area contributed by atoms with E-state index >= 15 is 0 Å². The van der Waals surface area contributed by atoms with Crippen LogP contribution in [0.4, 0.5) is 0 Å². The first-order valence-electron chi connectivity index (χ1n) is 4.47. The van der Waals surface area contributed by atoms with E-state index in [1.54, 1.807) is 12.1 Å². The zero-order valence-corrected chi connectivity index (χ0v) is 7.78. The Morgan fingerprint density at radius 3 is 2.86 bits per heavy atom. The molecule has 2 rings (SSSR count). The monoisotopic (exact) mass is 190 g/mol. The van der Waals surface area contributed by atoms with Crippen molar-refractivity contribution in [2.24, 2.45) is 0 Å². The third-order valence-corrected chi connectivity index (χ3v) is 2.65. The van der Waals surface area contributed by atoms with Crippen LogP contribution in [0.2, 0.25) is 0 Å². The van der Waals surface area contributed by atoms with Gasteiger partial charge in [0.15, 0.2) is 5.78 Å². The van der Waals surface area contributed by atoms with Gasteiger partial charge in [-0.25, -0.2) is 0 Å². The number of benzene rings is 1. The van der Waals surface area contributed by atoms with Gasteiger partial charge in [0.25, 0.3) is 0 Å². The predicted octanol–water partition coefficient (Wildman–Crippen LogP) is 1.75. The van der Waals surface area contributed by atoms with Gasteiger partial charge in [-0.3, -0.25) is 9.59 Å². The van der Waals surface area contributed by atoms with E-state index in [1.807, 2.05) is 13.0 Å². The van der Waals surface area contributed by atoms with Gasteiger partial charge in [0, 0.05) is 12.0 Å². The van der Waals surface area contributed by atoms with Crippen LogP contribution in [0, 0.1) is 6.92 Å². The lowest BCUT2D eigenvalue weighted by molar-refractivity contribution is -0.138. The Bertz CT molecular complexity index is 421. The molecule has 0 aliphatic heterocycles. The molecule has 0 aromatic heterocycles. The van der Waals surface area contributed by atoms with Gasteiger partial charge in [-0.1, -0.05) is 18.2 Å². The molecule has 0 saturated carbocycles. The summed E-state index contributed by atoms with van der Waals surface area (Å²) in [4.78, 5) is 22.4. The third-order valence-electron chi connectivity index (χ3n) is 2.65. The van der Waals surface area contributed by atoms with E-state index in [0.29, 0.717) is 11.1 Å². The highest BCUT2D eigenvalue weighted by Crippen LogP contribution is 2.34. The molecule has 1 aromatic carbocycles. The second kappa shape index (κ2) is 2.94. The summed E-state index contributed by atoms with van der Waals surface area (Å²) in [5.74, 6) is -1.61. The van der Waals surface area contributed by atoms with E-state index < -0.39 is 11.9 Å². The number of carboxylic acids is 1. The summed E-state index contributed by atoms with van der Waals surface area (Å²) in [5.41, 5.74) is 2.15. The largest absolute Gasteiger partial charge is 0.481 e. The minimum atomic E-state index is -0.914. The van der Waals surface area contributed by atoms with Crippen LogP contribution in [0.1, 0.15) is 33.8 Å². The molecule has 3 heteroatoms. The first kappa shape index (κ1) is 8.94. The van der Waals surface area contributed by atoms with Crippen molar-refractivity contribution < 1.29 is 14.7 Å². The van der Waals surface area contributed by atoms with Crippen molar-refractivity contribution in [3.05, 3.63) is 34.9 Å². The summed E-state index contributed by atoms with van der Waals surface area (Å²) in [5, 5.41) is 8.92. The SMILES string of the molecule is Cc1cccc2c1C(=O)CC2C(=O)O. The second-order valence-electron chi connectivity index (χ2n) is 3.56. The maximum atomic E-state index is 11.5. The molecule has 1 aromatic rings. The average molecular weight is 190 g/mol. The van der Waals surface area contributed by atoms with E-state index in [-0.39, 0.29) is 12.2 Å². The molecular formula is C11H10O3. The molecule has 14 heavy (non-hydrogen) atoms. The molecule has 0 heterocycles. The molecule has 72 valence electrons.